The van der Waals surface area contributed by atoms with Crippen LogP contribution in [0, 0.1) is 5.92 Å². The third-order valence-corrected chi connectivity index (χ3v) is 6.50. The molecule has 2 aliphatic rings. The number of nitrogens with zero attached hydrogens (tertiary/aromatic N) is 1. The highest BCUT2D eigenvalue weighted by Crippen LogP contribution is 2.28. The molecule has 4 amide bonds. The highest BCUT2D eigenvalue weighted by molar-refractivity contribution is 6.38. The van der Waals surface area contributed by atoms with E-state index in [4.69, 9.17) is 4.74 Å². The minimum absolute atomic E-state index is 0.0315. The minimum Gasteiger partial charge on any atom is -0.379 e. The number of ether oxygens (including phenoxy) is 1. The second kappa shape index (κ2) is 14.5. The Labute approximate surface area is 201 Å². The molecule has 0 bridgehead atoms. The first-order chi connectivity index (χ1) is 16.4. The van der Waals surface area contributed by atoms with Crippen LogP contribution in [0.3, 0.4) is 0 Å². The highest BCUT2D eigenvalue weighted by atomic mass is 16.5. The predicted molar refractivity (Wildman–Crippen MR) is 126 cm³/mol. The fraction of sp³-hybridized carbons (Fsp3) is 0.708. The van der Waals surface area contributed by atoms with Gasteiger partial charge in [-0.25, -0.2) is 0 Å². The van der Waals surface area contributed by atoms with Gasteiger partial charge in [-0.2, -0.15) is 0 Å². The predicted octanol–water partition coefficient (Wildman–Crippen LogP) is 0.455. The molecule has 0 aliphatic carbocycles. The number of hydrogen-bond acceptors (Lipinski definition) is 6. The Balaban J connectivity index is 2.28. The van der Waals surface area contributed by atoms with Crippen molar-refractivity contribution in [3.05, 3.63) is 12.7 Å². The zero-order valence-corrected chi connectivity index (χ0v) is 20.1. The SMILES string of the molecule is C=CCNC(=O)C(=O)[C@@H]1CCCCCCCOC[C@H](NC=O)C(=O)N2CC[C@H](CC)[C@H]2C(=O)N1. The maximum absolute atomic E-state index is 13.4. The quantitative estimate of drug-likeness (QED) is 0.276. The van der Waals surface area contributed by atoms with Gasteiger partial charge in [0.1, 0.15) is 12.1 Å². The van der Waals surface area contributed by atoms with E-state index in [1.54, 1.807) is 0 Å². The number of carbonyl (C=O) groups is 5. The Bertz CT molecular complexity index is 743. The fourth-order valence-corrected chi connectivity index (χ4v) is 4.58. The van der Waals surface area contributed by atoms with E-state index in [-0.39, 0.29) is 25.0 Å². The molecule has 0 unspecified atom stereocenters. The van der Waals surface area contributed by atoms with Crippen molar-refractivity contribution >= 4 is 29.9 Å². The van der Waals surface area contributed by atoms with E-state index >= 15 is 0 Å². The Hall–Kier alpha value is -2.75. The van der Waals surface area contributed by atoms with E-state index in [1.165, 1.54) is 11.0 Å². The maximum atomic E-state index is 13.4. The Morgan fingerprint density at radius 3 is 2.62 bits per heavy atom. The van der Waals surface area contributed by atoms with Crippen LogP contribution < -0.4 is 16.0 Å². The van der Waals surface area contributed by atoms with Gasteiger partial charge in [-0.1, -0.05) is 45.1 Å². The van der Waals surface area contributed by atoms with Crippen LogP contribution >= 0.6 is 0 Å². The van der Waals surface area contributed by atoms with Crippen molar-refractivity contribution in [2.45, 2.75) is 76.4 Å². The van der Waals surface area contributed by atoms with Crippen molar-refractivity contribution < 1.29 is 28.7 Å². The summed E-state index contributed by atoms with van der Waals surface area (Å²) in [5, 5.41) is 7.76. The number of amides is 4. The van der Waals surface area contributed by atoms with Crippen molar-refractivity contribution in [2.75, 3.05) is 26.3 Å². The van der Waals surface area contributed by atoms with Crippen LogP contribution in [0.2, 0.25) is 0 Å². The molecule has 10 nitrogen and oxygen atoms in total. The van der Waals surface area contributed by atoms with E-state index in [1.807, 2.05) is 6.92 Å². The van der Waals surface area contributed by atoms with Gasteiger partial charge in [-0.05, 0) is 25.2 Å². The summed E-state index contributed by atoms with van der Waals surface area (Å²) >= 11 is 0. The van der Waals surface area contributed by atoms with Crippen molar-refractivity contribution in [2.24, 2.45) is 5.92 Å². The van der Waals surface area contributed by atoms with Gasteiger partial charge in [-0.15, -0.1) is 6.58 Å². The molecule has 190 valence electrons. The third-order valence-electron chi connectivity index (χ3n) is 6.50. The summed E-state index contributed by atoms with van der Waals surface area (Å²) in [6.07, 6.45) is 7.77. The number of hydrogen-bond donors (Lipinski definition) is 3. The second-order valence-electron chi connectivity index (χ2n) is 8.83. The zero-order chi connectivity index (χ0) is 24.9. The van der Waals surface area contributed by atoms with Crippen molar-refractivity contribution in [3.8, 4) is 0 Å². The lowest BCUT2D eigenvalue weighted by atomic mass is 9.95. The molecule has 0 aromatic heterocycles. The molecule has 2 aliphatic heterocycles. The lowest BCUT2D eigenvalue weighted by Crippen LogP contribution is -2.57. The molecular weight excluding hydrogens is 440 g/mol. The summed E-state index contributed by atoms with van der Waals surface area (Å²) in [6, 6.07) is -2.64. The number of nitrogens with one attached hydrogen (secondary N) is 3. The summed E-state index contributed by atoms with van der Waals surface area (Å²) in [4.78, 5) is 64.4. The second-order valence-corrected chi connectivity index (χ2v) is 8.83. The summed E-state index contributed by atoms with van der Waals surface area (Å²) in [7, 11) is 0. The van der Waals surface area contributed by atoms with Gasteiger partial charge in [-0.3, -0.25) is 24.0 Å². The molecule has 3 N–H and O–H groups in total. The van der Waals surface area contributed by atoms with Crippen molar-refractivity contribution in [1.29, 1.82) is 0 Å². The van der Waals surface area contributed by atoms with Gasteiger partial charge in [0.25, 0.3) is 5.91 Å². The van der Waals surface area contributed by atoms with Crippen LogP contribution in [-0.2, 0) is 28.7 Å². The summed E-state index contributed by atoms with van der Waals surface area (Å²) in [6.45, 7) is 6.49. The Morgan fingerprint density at radius 1 is 1.18 bits per heavy atom. The van der Waals surface area contributed by atoms with E-state index in [2.05, 4.69) is 22.5 Å². The van der Waals surface area contributed by atoms with Gasteiger partial charge in [0.2, 0.25) is 24.0 Å². The van der Waals surface area contributed by atoms with E-state index < -0.39 is 35.7 Å². The maximum Gasteiger partial charge on any atom is 0.289 e. The topological polar surface area (TPSA) is 134 Å². The molecule has 0 spiro atoms. The molecule has 0 radical (unpaired) electrons. The molecule has 2 saturated heterocycles. The Kier molecular flexibility index (Phi) is 11.7. The summed E-state index contributed by atoms with van der Waals surface area (Å²) in [5.41, 5.74) is 0. The summed E-state index contributed by atoms with van der Waals surface area (Å²) in [5.74, 6) is -2.40. The lowest BCUT2D eigenvalue weighted by Gasteiger charge is -2.31. The molecule has 34 heavy (non-hydrogen) atoms. The first-order valence-electron chi connectivity index (χ1n) is 12.3. The van der Waals surface area contributed by atoms with Crippen molar-refractivity contribution in [1.82, 2.24) is 20.9 Å². The molecule has 0 aromatic rings. The van der Waals surface area contributed by atoms with Crippen LogP contribution in [0.4, 0.5) is 0 Å². The average Bonchev–Trinajstić information content (AvgIpc) is 3.27. The molecule has 0 saturated carbocycles. The molecule has 10 heteroatoms. The van der Waals surface area contributed by atoms with E-state index in [0.29, 0.717) is 45.2 Å². The van der Waals surface area contributed by atoms with Crippen LogP contribution in [0.5, 0.6) is 0 Å². The number of rotatable bonds is 7. The molecule has 4 atom stereocenters. The normalized spacial score (nSPS) is 27.3. The van der Waals surface area contributed by atoms with Crippen LogP contribution in [0.15, 0.2) is 12.7 Å². The third kappa shape index (κ3) is 7.65. The first-order valence-corrected chi connectivity index (χ1v) is 12.3. The van der Waals surface area contributed by atoms with E-state index in [0.717, 1.165) is 25.7 Å². The fourth-order valence-electron chi connectivity index (χ4n) is 4.58. The van der Waals surface area contributed by atoms with Gasteiger partial charge >= 0.3 is 0 Å². The molecular formula is C24H38N4O6. The average molecular weight is 479 g/mol. The minimum atomic E-state index is -0.965. The van der Waals surface area contributed by atoms with Crippen LogP contribution in [0.1, 0.15) is 58.3 Å². The van der Waals surface area contributed by atoms with E-state index in [9.17, 15) is 24.0 Å². The molecule has 0 aromatic carbocycles. The van der Waals surface area contributed by atoms with Crippen molar-refractivity contribution in [3.63, 3.8) is 0 Å². The largest absolute Gasteiger partial charge is 0.379 e. The molecule has 2 fully saturated rings. The van der Waals surface area contributed by atoms with Crippen LogP contribution in [0.25, 0.3) is 0 Å². The monoisotopic (exact) mass is 478 g/mol. The lowest BCUT2D eigenvalue weighted by molar-refractivity contribution is -0.144. The highest BCUT2D eigenvalue weighted by Gasteiger charge is 2.43. The number of ketones is 1. The Morgan fingerprint density at radius 2 is 1.91 bits per heavy atom. The molecule has 2 rings (SSSR count). The van der Waals surface area contributed by atoms with Gasteiger partial charge in [0.05, 0.1) is 12.6 Å². The van der Waals surface area contributed by atoms with Gasteiger partial charge in [0, 0.05) is 19.7 Å². The number of Topliss-reactive ketones (excluding diaryl/α,β-unsaturated/α-hetero) is 1. The van der Waals surface area contributed by atoms with Gasteiger partial charge in [0.15, 0.2) is 0 Å². The van der Waals surface area contributed by atoms with Crippen LogP contribution in [-0.4, -0.2) is 79.2 Å². The molecule has 2 heterocycles. The smallest absolute Gasteiger partial charge is 0.289 e. The standard InChI is InChI=1S/C24H38N4O6/c1-3-12-25-23(32)21(30)18-10-8-6-5-7-9-14-34-15-19(26-16-29)24(33)28-13-11-17(4-2)20(28)22(31)27-18/h3,16-20H,1,4-15H2,2H3,(H,25,32)(H,26,29)(H,27,31)/t17-,18-,19-,20-/m0/s1. The summed E-state index contributed by atoms with van der Waals surface area (Å²) < 4.78 is 5.64. The number of carbonyl (C=O) groups excluding carboxylic acids is 5. The first kappa shape index (κ1) is 27.5. The zero-order valence-electron chi connectivity index (χ0n) is 20.1. The van der Waals surface area contributed by atoms with Gasteiger partial charge < -0.3 is 25.6 Å². The number of fused-ring (bicyclic) bond motifs is 1.